The molecule has 1 heterocycles. The molecule has 0 atom stereocenters. The number of carbonyl (C=O) groups is 2. The van der Waals surface area contributed by atoms with Gasteiger partial charge in [0.05, 0.1) is 11.3 Å². The molecule has 1 aliphatic heterocycles. The third-order valence-electron chi connectivity index (χ3n) is 3.05. The topological polar surface area (TPSA) is 49.4 Å². The van der Waals surface area contributed by atoms with Crippen molar-refractivity contribution in [2.24, 2.45) is 0 Å². The molecule has 4 nitrogen and oxygen atoms in total. The standard InChI is InChI=1S/C14H17FN2O2/c1-9(2)16-7-4-8-17-12-10(13(18)14(17)19)5-3-6-11(12)15/h3,5-6,9,16H,4,7-8H2,1-2H3. The van der Waals surface area contributed by atoms with E-state index < -0.39 is 17.5 Å². The lowest BCUT2D eigenvalue weighted by Gasteiger charge is -2.17. The van der Waals surface area contributed by atoms with Gasteiger partial charge < -0.3 is 10.2 Å². The molecular weight excluding hydrogens is 247 g/mol. The lowest BCUT2D eigenvalue weighted by atomic mass is 10.1. The number of halogens is 1. The molecule has 102 valence electrons. The van der Waals surface area contributed by atoms with Crippen molar-refractivity contribution in [2.45, 2.75) is 26.3 Å². The highest BCUT2D eigenvalue weighted by molar-refractivity contribution is 6.52. The van der Waals surface area contributed by atoms with Gasteiger partial charge in [-0.3, -0.25) is 9.59 Å². The third-order valence-corrected chi connectivity index (χ3v) is 3.05. The van der Waals surface area contributed by atoms with Crippen molar-refractivity contribution < 1.29 is 14.0 Å². The Kier molecular flexibility index (Phi) is 3.95. The van der Waals surface area contributed by atoms with Crippen LogP contribution in [0.2, 0.25) is 0 Å². The summed E-state index contributed by atoms with van der Waals surface area (Å²) in [4.78, 5) is 24.8. The predicted octanol–water partition coefficient (Wildman–Crippen LogP) is 1.74. The molecule has 1 aliphatic rings. The number of amides is 1. The fraction of sp³-hybridized carbons (Fsp3) is 0.429. The number of nitrogens with one attached hydrogen (secondary N) is 1. The van der Waals surface area contributed by atoms with E-state index in [2.05, 4.69) is 5.32 Å². The number of carbonyl (C=O) groups excluding carboxylic acids is 2. The quantitative estimate of drug-likeness (QED) is 0.651. The number of benzene rings is 1. The van der Waals surface area contributed by atoms with E-state index in [1.165, 1.54) is 23.1 Å². The largest absolute Gasteiger partial charge is 0.314 e. The first kappa shape index (κ1) is 13.7. The molecule has 19 heavy (non-hydrogen) atoms. The Bertz CT molecular complexity index is 514. The Labute approximate surface area is 111 Å². The first-order valence-corrected chi connectivity index (χ1v) is 6.40. The maximum atomic E-state index is 13.8. The number of ketones is 1. The minimum atomic E-state index is -0.635. The average Bonchev–Trinajstić information content (AvgIpc) is 2.60. The lowest BCUT2D eigenvalue weighted by molar-refractivity contribution is -0.114. The Morgan fingerprint density at radius 2 is 2.05 bits per heavy atom. The summed E-state index contributed by atoms with van der Waals surface area (Å²) in [7, 11) is 0. The van der Waals surface area contributed by atoms with Gasteiger partial charge in [-0.25, -0.2) is 4.39 Å². The van der Waals surface area contributed by atoms with E-state index >= 15 is 0 Å². The molecule has 0 bridgehead atoms. The van der Waals surface area contributed by atoms with Crippen LogP contribution in [-0.2, 0) is 4.79 Å². The molecular formula is C14H17FN2O2. The number of hydrogen-bond acceptors (Lipinski definition) is 3. The molecule has 5 heteroatoms. The minimum Gasteiger partial charge on any atom is -0.314 e. The average molecular weight is 264 g/mol. The van der Waals surface area contributed by atoms with Crippen molar-refractivity contribution >= 4 is 17.4 Å². The monoisotopic (exact) mass is 264 g/mol. The molecule has 2 rings (SSSR count). The van der Waals surface area contributed by atoms with Crippen LogP contribution in [0.15, 0.2) is 18.2 Å². The van der Waals surface area contributed by atoms with Crippen LogP contribution in [0.3, 0.4) is 0 Å². The van der Waals surface area contributed by atoms with E-state index in [0.29, 0.717) is 19.0 Å². The molecule has 1 N–H and O–H groups in total. The van der Waals surface area contributed by atoms with E-state index in [1.54, 1.807) is 0 Å². The van der Waals surface area contributed by atoms with Crippen LogP contribution in [0.25, 0.3) is 0 Å². The van der Waals surface area contributed by atoms with Crippen LogP contribution in [-0.4, -0.2) is 30.8 Å². The number of anilines is 1. The first-order chi connectivity index (χ1) is 9.02. The second kappa shape index (κ2) is 5.48. The summed E-state index contributed by atoms with van der Waals surface area (Å²) < 4.78 is 13.8. The molecule has 1 aromatic carbocycles. The Morgan fingerprint density at radius 1 is 1.32 bits per heavy atom. The van der Waals surface area contributed by atoms with Crippen LogP contribution in [0, 0.1) is 5.82 Å². The van der Waals surface area contributed by atoms with Crippen molar-refractivity contribution in [3.63, 3.8) is 0 Å². The second-order valence-electron chi connectivity index (χ2n) is 4.88. The van der Waals surface area contributed by atoms with Gasteiger partial charge in [0.15, 0.2) is 0 Å². The van der Waals surface area contributed by atoms with E-state index in [1.807, 2.05) is 13.8 Å². The SMILES string of the molecule is CC(C)NCCCN1C(=O)C(=O)c2cccc(F)c21. The molecule has 1 amide bonds. The van der Waals surface area contributed by atoms with Crippen molar-refractivity contribution in [2.75, 3.05) is 18.0 Å². The zero-order valence-corrected chi connectivity index (χ0v) is 11.1. The number of hydrogen-bond donors (Lipinski definition) is 1. The number of fused-ring (bicyclic) bond motifs is 1. The van der Waals surface area contributed by atoms with E-state index in [9.17, 15) is 14.0 Å². The van der Waals surface area contributed by atoms with Crippen LogP contribution in [0.5, 0.6) is 0 Å². The Balaban J connectivity index is 2.10. The van der Waals surface area contributed by atoms with Gasteiger partial charge in [-0.05, 0) is 25.1 Å². The summed E-state index contributed by atoms with van der Waals surface area (Å²) in [6.45, 7) is 5.12. The molecule has 0 spiro atoms. The molecule has 0 fully saturated rings. The van der Waals surface area contributed by atoms with Crippen molar-refractivity contribution in [1.29, 1.82) is 0 Å². The highest BCUT2D eigenvalue weighted by Crippen LogP contribution is 2.31. The summed E-state index contributed by atoms with van der Waals surface area (Å²) in [5.74, 6) is -1.77. The smallest absolute Gasteiger partial charge is 0.299 e. The molecule has 1 aromatic rings. The first-order valence-electron chi connectivity index (χ1n) is 6.40. The van der Waals surface area contributed by atoms with Crippen LogP contribution < -0.4 is 10.2 Å². The summed E-state index contributed by atoms with van der Waals surface area (Å²) in [6, 6.07) is 4.57. The van der Waals surface area contributed by atoms with Gasteiger partial charge in [0.25, 0.3) is 11.7 Å². The number of para-hydroxylation sites is 1. The molecule has 0 saturated carbocycles. The zero-order chi connectivity index (χ0) is 14.0. The van der Waals surface area contributed by atoms with Gasteiger partial charge in [-0.15, -0.1) is 0 Å². The molecule has 0 unspecified atom stereocenters. The third kappa shape index (κ3) is 2.66. The van der Waals surface area contributed by atoms with Gasteiger partial charge in [0.2, 0.25) is 0 Å². The lowest BCUT2D eigenvalue weighted by Crippen LogP contribution is -2.33. The predicted molar refractivity (Wildman–Crippen MR) is 70.8 cm³/mol. The van der Waals surface area contributed by atoms with Crippen LogP contribution in [0.4, 0.5) is 10.1 Å². The maximum absolute atomic E-state index is 13.8. The summed E-state index contributed by atoms with van der Waals surface area (Å²) in [6.07, 6.45) is 0.672. The van der Waals surface area contributed by atoms with Crippen molar-refractivity contribution in [3.8, 4) is 0 Å². The molecule has 0 aromatic heterocycles. The number of nitrogens with zero attached hydrogens (tertiary/aromatic N) is 1. The minimum absolute atomic E-state index is 0.127. The maximum Gasteiger partial charge on any atom is 0.299 e. The number of Topliss-reactive ketones (excluding diaryl/α,β-unsaturated/α-hetero) is 1. The highest BCUT2D eigenvalue weighted by Gasteiger charge is 2.37. The number of rotatable bonds is 5. The van der Waals surface area contributed by atoms with Gasteiger partial charge in [0, 0.05) is 12.6 Å². The van der Waals surface area contributed by atoms with Crippen molar-refractivity contribution in [1.82, 2.24) is 5.32 Å². The fourth-order valence-corrected chi connectivity index (χ4v) is 2.15. The Morgan fingerprint density at radius 3 is 2.74 bits per heavy atom. The molecule has 0 saturated heterocycles. The normalized spacial score (nSPS) is 14.4. The molecule has 0 aliphatic carbocycles. The second-order valence-corrected chi connectivity index (χ2v) is 4.88. The van der Waals surface area contributed by atoms with E-state index in [4.69, 9.17) is 0 Å². The fourth-order valence-electron chi connectivity index (χ4n) is 2.15. The van der Waals surface area contributed by atoms with Crippen molar-refractivity contribution in [3.05, 3.63) is 29.6 Å². The van der Waals surface area contributed by atoms with Gasteiger partial charge in [-0.2, -0.15) is 0 Å². The summed E-state index contributed by atoms with van der Waals surface area (Å²) in [5.41, 5.74) is 0.295. The zero-order valence-electron chi connectivity index (χ0n) is 11.1. The molecule has 0 radical (unpaired) electrons. The highest BCUT2D eigenvalue weighted by atomic mass is 19.1. The Hall–Kier alpha value is -1.75. The van der Waals surface area contributed by atoms with Gasteiger partial charge >= 0.3 is 0 Å². The van der Waals surface area contributed by atoms with Gasteiger partial charge in [-0.1, -0.05) is 19.9 Å². The van der Waals surface area contributed by atoms with E-state index in [0.717, 1.165) is 6.54 Å². The summed E-state index contributed by atoms with van der Waals surface area (Å²) >= 11 is 0. The summed E-state index contributed by atoms with van der Waals surface area (Å²) in [5, 5.41) is 3.22. The van der Waals surface area contributed by atoms with Gasteiger partial charge in [0.1, 0.15) is 5.82 Å². The van der Waals surface area contributed by atoms with Crippen LogP contribution in [0.1, 0.15) is 30.6 Å². The van der Waals surface area contributed by atoms with E-state index in [-0.39, 0.29) is 11.3 Å². The van der Waals surface area contributed by atoms with Crippen LogP contribution >= 0.6 is 0 Å².